The average molecular weight is 282 g/mol. The van der Waals surface area contributed by atoms with Crippen molar-refractivity contribution in [2.45, 2.75) is 25.5 Å². The molecule has 4 nitrogen and oxygen atoms in total. The van der Waals surface area contributed by atoms with E-state index in [1.165, 1.54) is 6.92 Å². The minimum absolute atomic E-state index is 0.141. The van der Waals surface area contributed by atoms with Gasteiger partial charge in [-0.25, -0.2) is 5.06 Å². The highest BCUT2D eigenvalue weighted by molar-refractivity contribution is 6.30. The molecule has 1 aromatic carbocycles. The van der Waals surface area contributed by atoms with Crippen LogP contribution in [0, 0.1) is 5.92 Å². The number of hydrogen-bond donors (Lipinski definition) is 2. The second kappa shape index (κ2) is 5.74. The Balaban J connectivity index is 2.05. The van der Waals surface area contributed by atoms with E-state index in [1.807, 2.05) is 6.08 Å². The molecule has 1 aliphatic rings. The maximum atomic E-state index is 11.1. The number of aliphatic hydroxyl groups is 1. The van der Waals surface area contributed by atoms with E-state index in [1.54, 1.807) is 30.3 Å². The highest BCUT2D eigenvalue weighted by atomic mass is 35.5. The average Bonchev–Trinajstić information content (AvgIpc) is 2.86. The Morgan fingerprint density at radius 2 is 2.21 bits per heavy atom. The van der Waals surface area contributed by atoms with Gasteiger partial charge in [0, 0.05) is 17.9 Å². The van der Waals surface area contributed by atoms with Crippen molar-refractivity contribution in [3.63, 3.8) is 0 Å². The Morgan fingerprint density at radius 1 is 1.47 bits per heavy atom. The molecular weight excluding hydrogens is 266 g/mol. The first kappa shape index (κ1) is 14.1. The van der Waals surface area contributed by atoms with Crippen LogP contribution in [0.4, 0.5) is 0 Å². The third kappa shape index (κ3) is 3.15. The lowest BCUT2D eigenvalue weighted by molar-refractivity contribution is -0.169. The van der Waals surface area contributed by atoms with Crippen molar-refractivity contribution < 1.29 is 15.1 Å². The summed E-state index contributed by atoms with van der Waals surface area (Å²) < 4.78 is 0. The number of halogens is 1. The van der Waals surface area contributed by atoms with Crippen LogP contribution >= 0.6 is 11.6 Å². The van der Waals surface area contributed by atoms with E-state index in [0.29, 0.717) is 16.5 Å². The molecule has 0 bridgehead atoms. The second-order valence-corrected chi connectivity index (χ2v) is 5.15. The van der Waals surface area contributed by atoms with Crippen LogP contribution in [0.25, 0.3) is 0 Å². The van der Waals surface area contributed by atoms with Crippen LogP contribution in [0.5, 0.6) is 0 Å². The lowest BCUT2D eigenvalue weighted by atomic mass is 9.94. The summed E-state index contributed by atoms with van der Waals surface area (Å²) in [5, 5.41) is 21.1. The van der Waals surface area contributed by atoms with Gasteiger partial charge < -0.3 is 5.11 Å². The smallest absolute Gasteiger partial charge is 0.243 e. The Bertz CT molecular complexity index is 503. The van der Waals surface area contributed by atoms with Crippen molar-refractivity contribution in [1.82, 2.24) is 5.06 Å². The highest BCUT2D eigenvalue weighted by Gasteiger charge is 2.30. The Labute approximate surface area is 116 Å². The number of rotatable bonds is 3. The zero-order valence-electron chi connectivity index (χ0n) is 10.5. The first-order valence-corrected chi connectivity index (χ1v) is 6.47. The number of hydroxylamine groups is 2. The lowest BCUT2D eigenvalue weighted by Gasteiger charge is -2.22. The molecule has 102 valence electrons. The Morgan fingerprint density at radius 3 is 2.84 bits per heavy atom. The fraction of sp³-hybridized carbons (Fsp3) is 0.357. The van der Waals surface area contributed by atoms with Gasteiger partial charge in [0.05, 0.1) is 12.1 Å². The number of aliphatic hydroxyl groups excluding tert-OH is 1. The molecule has 2 N–H and O–H groups in total. The van der Waals surface area contributed by atoms with Crippen LogP contribution in [0.3, 0.4) is 0 Å². The summed E-state index contributed by atoms with van der Waals surface area (Å²) in [5.74, 6) is -0.551. The van der Waals surface area contributed by atoms with Gasteiger partial charge in [-0.1, -0.05) is 35.9 Å². The monoisotopic (exact) mass is 281 g/mol. The number of nitrogens with zero attached hydrogens (tertiary/aromatic N) is 1. The predicted octanol–water partition coefficient (Wildman–Crippen LogP) is 2.56. The van der Waals surface area contributed by atoms with E-state index in [2.05, 4.69) is 0 Å². The van der Waals surface area contributed by atoms with Crippen LogP contribution in [-0.4, -0.2) is 27.3 Å². The van der Waals surface area contributed by atoms with Crippen molar-refractivity contribution in [2.75, 3.05) is 0 Å². The highest BCUT2D eigenvalue weighted by Crippen LogP contribution is 2.33. The largest absolute Gasteiger partial charge is 0.388 e. The molecule has 0 heterocycles. The van der Waals surface area contributed by atoms with Gasteiger partial charge in [0.15, 0.2) is 0 Å². The summed E-state index contributed by atoms with van der Waals surface area (Å²) in [6.45, 7) is 1.30. The van der Waals surface area contributed by atoms with Gasteiger partial charge in [0.1, 0.15) is 0 Å². The zero-order valence-corrected chi connectivity index (χ0v) is 11.3. The fourth-order valence-corrected chi connectivity index (χ4v) is 2.49. The van der Waals surface area contributed by atoms with Crippen LogP contribution < -0.4 is 0 Å². The first-order chi connectivity index (χ1) is 8.99. The van der Waals surface area contributed by atoms with Crippen molar-refractivity contribution in [2.24, 2.45) is 5.92 Å². The van der Waals surface area contributed by atoms with Crippen LogP contribution in [0.2, 0.25) is 5.02 Å². The van der Waals surface area contributed by atoms with Gasteiger partial charge in [0.25, 0.3) is 0 Å². The molecule has 0 radical (unpaired) electrons. The molecule has 0 aromatic heterocycles. The van der Waals surface area contributed by atoms with Gasteiger partial charge in [-0.2, -0.15) is 0 Å². The number of carbonyl (C=O) groups excluding carboxylic acids is 1. The van der Waals surface area contributed by atoms with Crippen LogP contribution in [0.1, 0.15) is 25.0 Å². The molecular formula is C14H16ClNO3. The van der Waals surface area contributed by atoms with Gasteiger partial charge >= 0.3 is 0 Å². The quantitative estimate of drug-likeness (QED) is 0.508. The zero-order chi connectivity index (χ0) is 14.0. The number of amides is 1. The maximum Gasteiger partial charge on any atom is 0.243 e. The molecule has 1 aliphatic carbocycles. The second-order valence-electron chi connectivity index (χ2n) is 4.72. The normalized spacial score (nSPS) is 23.4. The summed E-state index contributed by atoms with van der Waals surface area (Å²) in [7, 11) is 0. The van der Waals surface area contributed by atoms with E-state index in [4.69, 9.17) is 11.6 Å². The Kier molecular flexibility index (Phi) is 4.24. The molecule has 1 aromatic rings. The van der Waals surface area contributed by atoms with E-state index >= 15 is 0 Å². The molecule has 2 rings (SSSR count). The molecule has 19 heavy (non-hydrogen) atoms. The van der Waals surface area contributed by atoms with E-state index < -0.39 is 12.0 Å². The van der Waals surface area contributed by atoms with E-state index in [0.717, 1.165) is 5.56 Å². The predicted molar refractivity (Wildman–Crippen MR) is 71.8 cm³/mol. The molecule has 0 fully saturated rings. The van der Waals surface area contributed by atoms with Gasteiger partial charge in [0.2, 0.25) is 5.91 Å². The molecule has 0 spiro atoms. The molecule has 3 atom stereocenters. The SMILES string of the molecule is CC(=O)N(O)[C@H]1C=C[C@@H](C(O)c2cccc(Cl)c2)C1. The summed E-state index contributed by atoms with van der Waals surface area (Å²) in [6, 6.07) is 6.67. The van der Waals surface area contributed by atoms with E-state index in [-0.39, 0.29) is 12.0 Å². The van der Waals surface area contributed by atoms with Gasteiger partial charge in [-0.05, 0) is 24.1 Å². The van der Waals surface area contributed by atoms with Gasteiger partial charge in [-0.15, -0.1) is 0 Å². The first-order valence-electron chi connectivity index (χ1n) is 6.09. The summed E-state index contributed by atoms with van der Waals surface area (Å²) in [6.07, 6.45) is 3.35. The number of carbonyl (C=O) groups is 1. The third-order valence-electron chi connectivity index (χ3n) is 3.33. The fourth-order valence-electron chi connectivity index (χ4n) is 2.29. The third-order valence-corrected chi connectivity index (χ3v) is 3.56. The summed E-state index contributed by atoms with van der Waals surface area (Å²) >= 11 is 5.89. The van der Waals surface area contributed by atoms with Gasteiger partial charge in [-0.3, -0.25) is 10.0 Å². The molecule has 5 heteroatoms. The van der Waals surface area contributed by atoms with Crippen molar-refractivity contribution >= 4 is 17.5 Å². The van der Waals surface area contributed by atoms with Crippen molar-refractivity contribution in [3.05, 3.63) is 47.0 Å². The maximum absolute atomic E-state index is 11.1. The standard InChI is InChI=1S/C14H16ClNO3/c1-9(17)16(19)13-6-5-11(8-13)14(18)10-3-2-4-12(15)7-10/h2-7,11,13-14,18-19H,8H2,1H3/t11-,13+,14?/m1/s1. The van der Waals surface area contributed by atoms with E-state index in [9.17, 15) is 15.1 Å². The van der Waals surface area contributed by atoms with Crippen molar-refractivity contribution in [1.29, 1.82) is 0 Å². The minimum atomic E-state index is -0.694. The Hall–Kier alpha value is -1.36. The molecule has 0 saturated heterocycles. The summed E-state index contributed by atoms with van der Waals surface area (Å²) in [4.78, 5) is 11.1. The molecule has 0 saturated carbocycles. The number of hydrogen-bond acceptors (Lipinski definition) is 3. The van der Waals surface area contributed by atoms with Crippen LogP contribution in [-0.2, 0) is 4.79 Å². The lowest BCUT2D eigenvalue weighted by Crippen LogP contribution is -2.34. The molecule has 1 amide bonds. The number of benzene rings is 1. The minimum Gasteiger partial charge on any atom is -0.388 e. The molecule has 1 unspecified atom stereocenters. The topological polar surface area (TPSA) is 60.8 Å². The summed E-state index contributed by atoms with van der Waals surface area (Å²) in [5.41, 5.74) is 0.732. The van der Waals surface area contributed by atoms with Crippen LogP contribution in [0.15, 0.2) is 36.4 Å². The molecule has 0 aliphatic heterocycles. The van der Waals surface area contributed by atoms with Crippen molar-refractivity contribution in [3.8, 4) is 0 Å².